The van der Waals surface area contributed by atoms with E-state index < -0.39 is 23.5 Å². The van der Waals surface area contributed by atoms with Crippen LogP contribution in [0.15, 0.2) is 78.6 Å². The van der Waals surface area contributed by atoms with Crippen molar-refractivity contribution in [2.75, 3.05) is 0 Å². The maximum Gasteiger partial charge on any atom is 0.295 e. The van der Waals surface area contributed by atoms with Crippen LogP contribution in [0.5, 0.6) is 0 Å². The Balaban J connectivity index is 1.88. The molecule has 0 saturated carbocycles. The zero-order chi connectivity index (χ0) is 21.3. The van der Waals surface area contributed by atoms with Crippen molar-refractivity contribution in [3.05, 3.63) is 107 Å². The maximum atomic E-state index is 14.7. The minimum absolute atomic E-state index is 0.0576. The fourth-order valence-electron chi connectivity index (χ4n) is 3.62. The average molecular weight is 402 g/mol. The number of nitrogens with zero attached hydrogens (tertiary/aromatic N) is 2. The molecule has 6 heteroatoms. The van der Waals surface area contributed by atoms with Crippen LogP contribution in [0.4, 0.5) is 4.39 Å². The Labute approximate surface area is 173 Å². The number of amides is 1. The molecule has 1 aromatic heterocycles. The van der Waals surface area contributed by atoms with Gasteiger partial charge in [-0.3, -0.25) is 14.6 Å². The maximum absolute atomic E-state index is 14.7. The summed E-state index contributed by atoms with van der Waals surface area (Å²) in [6, 6.07) is 15.3. The number of Topliss-reactive ketones (excluding diaryl/α,β-unsaturated/α-hetero) is 1. The topological polar surface area (TPSA) is 70.5 Å². The molecule has 30 heavy (non-hydrogen) atoms. The molecule has 1 aliphatic rings. The van der Waals surface area contributed by atoms with Gasteiger partial charge in [-0.15, -0.1) is 0 Å². The lowest BCUT2D eigenvalue weighted by Gasteiger charge is -2.25. The number of carbonyl (C=O) groups excluding carboxylic acids is 2. The zero-order valence-corrected chi connectivity index (χ0v) is 16.2. The van der Waals surface area contributed by atoms with Gasteiger partial charge < -0.3 is 10.0 Å². The Morgan fingerprint density at radius 1 is 1.07 bits per heavy atom. The molecule has 5 nitrogen and oxygen atoms in total. The number of likely N-dealkylation sites (tertiary alicyclic amines) is 1. The first-order chi connectivity index (χ1) is 14.5. The van der Waals surface area contributed by atoms with Gasteiger partial charge in [0.1, 0.15) is 11.6 Å². The largest absolute Gasteiger partial charge is 0.507 e. The van der Waals surface area contributed by atoms with Gasteiger partial charge in [-0.1, -0.05) is 54.1 Å². The fourth-order valence-corrected chi connectivity index (χ4v) is 3.62. The first-order valence-electron chi connectivity index (χ1n) is 9.46. The Morgan fingerprint density at radius 3 is 2.47 bits per heavy atom. The molecule has 1 saturated heterocycles. The molecule has 1 fully saturated rings. The van der Waals surface area contributed by atoms with Crippen LogP contribution < -0.4 is 0 Å². The van der Waals surface area contributed by atoms with E-state index in [-0.39, 0.29) is 23.4 Å². The van der Waals surface area contributed by atoms with Gasteiger partial charge in [-0.2, -0.15) is 0 Å². The van der Waals surface area contributed by atoms with Crippen LogP contribution >= 0.6 is 0 Å². The molecular weight excluding hydrogens is 383 g/mol. The van der Waals surface area contributed by atoms with Crippen LogP contribution in [0.25, 0.3) is 5.76 Å². The molecule has 1 unspecified atom stereocenters. The summed E-state index contributed by atoms with van der Waals surface area (Å²) in [6.45, 7) is 1.96. The highest BCUT2D eigenvalue weighted by atomic mass is 19.1. The quantitative estimate of drug-likeness (QED) is 0.404. The van der Waals surface area contributed by atoms with E-state index >= 15 is 0 Å². The third-order valence-electron chi connectivity index (χ3n) is 5.14. The molecule has 1 N–H and O–H groups in total. The predicted molar refractivity (Wildman–Crippen MR) is 110 cm³/mol. The van der Waals surface area contributed by atoms with Crippen LogP contribution in [0.2, 0.25) is 0 Å². The molecule has 1 aliphatic heterocycles. The molecule has 1 atom stereocenters. The summed E-state index contributed by atoms with van der Waals surface area (Å²) in [5.74, 6) is -2.52. The first kappa shape index (κ1) is 19.5. The molecule has 1 amide bonds. The molecule has 0 aliphatic carbocycles. The van der Waals surface area contributed by atoms with E-state index in [1.54, 1.807) is 54.9 Å². The standard InChI is InChI=1S/C24H19FN2O3/c1-15-8-10-17(11-9-15)22(28)20-21(18-6-2-3-7-19(18)25)27(24(30)23(20)29)14-16-5-4-12-26-13-16/h2-13,21,28H,14H2,1H3/b22-20-. The van der Waals surface area contributed by atoms with Gasteiger partial charge in [-0.25, -0.2) is 4.39 Å². The fraction of sp³-hybridized carbons (Fsp3) is 0.125. The van der Waals surface area contributed by atoms with E-state index in [0.29, 0.717) is 11.1 Å². The normalized spacial score (nSPS) is 18.1. The number of hydrogen-bond donors (Lipinski definition) is 1. The number of hydrogen-bond acceptors (Lipinski definition) is 4. The second kappa shape index (κ2) is 7.91. The molecule has 4 rings (SSSR count). The molecular formula is C24H19FN2O3. The number of pyridine rings is 1. The predicted octanol–water partition coefficient (Wildman–Crippen LogP) is 4.15. The third kappa shape index (κ3) is 3.48. The second-order valence-electron chi connectivity index (χ2n) is 7.18. The number of aliphatic hydroxyl groups excluding tert-OH is 1. The number of aliphatic hydroxyl groups is 1. The van der Waals surface area contributed by atoms with Crippen molar-refractivity contribution in [2.24, 2.45) is 0 Å². The lowest BCUT2D eigenvalue weighted by Crippen LogP contribution is -2.29. The summed E-state index contributed by atoms with van der Waals surface area (Å²) < 4.78 is 14.7. The zero-order valence-electron chi connectivity index (χ0n) is 16.2. The van der Waals surface area contributed by atoms with Crippen molar-refractivity contribution in [3.8, 4) is 0 Å². The summed E-state index contributed by atoms with van der Waals surface area (Å²) >= 11 is 0. The van der Waals surface area contributed by atoms with Crippen LogP contribution in [0.1, 0.15) is 28.3 Å². The van der Waals surface area contributed by atoms with Crippen LogP contribution in [-0.4, -0.2) is 26.7 Å². The summed E-state index contributed by atoms with van der Waals surface area (Å²) in [5, 5.41) is 11.0. The molecule has 0 spiro atoms. The number of carbonyl (C=O) groups is 2. The number of ketones is 1. The van der Waals surface area contributed by atoms with E-state index in [2.05, 4.69) is 4.98 Å². The lowest BCUT2D eigenvalue weighted by atomic mass is 9.94. The first-order valence-corrected chi connectivity index (χ1v) is 9.46. The van der Waals surface area contributed by atoms with Gasteiger partial charge >= 0.3 is 0 Å². The number of rotatable bonds is 4. The van der Waals surface area contributed by atoms with E-state index in [1.807, 2.05) is 6.92 Å². The SMILES string of the molecule is Cc1ccc(/C(O)=C2/C(=O)C(=O)N(Cc3cccnc3)C2c2ccccc2F)cc1. The van der Waals surface area contributed by atoms with Crippen molar-refractivity contribution in [1.29, 1.82) is 0 Å². The number of benzene rings is 2. The molecule has 2 heterocycles. The second-order valence-corrected chi connectivity index (χ2v) is 7.18. The van der Waals surface area contributed by atoms with Crippen LogP contribution in [0.3, 0.4) is 0 Å². The van der Waals surface area contributed by atoms with Crippen molar-refractivity contribution in [1.82, 2.24) is 9.88 Å². The van der Waals surface area contributed by atoms with Crippen molar-refractivity contribution in [3.63, 3.8) is 0 Å². The molecule has 3 aromatic rings. The van der Waals surface area contributed by atoms with Gasteiger partial charge in [0.15, 0.2) is 0 Å². The third-order valence-corrected chi connectivity index (χ3v) is 5.14. The highest BCUT2D eigenvalue weighted by Crippen LogP contribution is 2.41. The van der Waals surface area contributed by atoms with Crippen molar-refractivity contribution >= 4 is 17.4 Å². The van der Waals surface area contributed by atoms with Gasteiger partial charge in [-0.05, 0) is 24.6 Å². The smallest absolute Gasteiger partial charge is 0.295 e. The summed E-state index contributed by atoms with van der Waals surface area (Å²) in [5.41, 5.74) is 2.08. The van der Waals surface area contributed by atoms with E-state index in [9.17, 15) is 19.1 Å². The Kier molecular flexibility index (Phi) is 5.14. The van der Waals surface area contributed by atoms with Crippen LogP contribution in [0, 0.1) is 12.7 Å². The molecule has 0 bridgehead atoms. The summed E-state index contributed by atoms with van der Waals surface area (Å²) in [4.78, 5) is 31.1. The molecule has 2 aromatic carbocycles. The highest BCUT2D eigenvalue weighted by molar-refractivity contribution is 6.46. The van der Waals surface area contributed by atoms with Crippen LogP contribution in [-0.2, 0) is 16.1 Å². The summed E-state index contributed by atoms with van der Waals surface area (Å²) in [7, 11) is 0. The van der Waals surface area contributed by atoms with E-state index in [4.69, 9.17) is 0 Å². The lowest BCUT2D eigenvalue weighted by molar-refractivity contribution is -0.140. The van der Waals surface area contributed by atoms with Crippen molar-refractivity contribution in [2.45, 2.75) is 19.5 Å². The molecule has 150 valence electrons. The van der Waals surface area contributed by atoms with Crippen molar-refractivity contribution < 1.29 is 19.1 Å². The van der Waals surface area contributed by atoms with Gasteiger partial charge in [0.05, 0.1) is 11.6 Å². The van der Waals surface area contributed by atoms with Gasteiger partial charge in [0.2, 0.25) is 0 Å². The Hall–Kier alpha value is -3.80. The molecule has 0 radical (unpaired) electrons. The number of halogens is 1. The Bertz CT molecular complexity index is 1140. The Morgan fingerprint density at radius 2 is 1.80 bits per heavy atom. The summed E-state index contributed by atoms with van der Waals surface area (Å²) in [6.07, 6.45) is 3.18. The number of aromatic nitrogens is 1. The van der Waals surface area contributed by atoms with E-state index in [1.165, 1.54) is 23.1 Å². The number of aryl methyl sites for hydroxylation is 1. The van der Waals surface area contributed by atoms with E-state index in [0.717, 1.165) is 5.56 Å². The average Bonchev–Trinajstić information content (AvgIpc) is 3.00. The monoisotopic (exact) mass is 402 g/mol. The minimum Gasteiger partial charge on any atom is -0.507 e. The van der Waals surface area contributed by atoms with Gasteiger partial charge in [0, 0.05) is 30.1 Å². The highest BCUT2D eigenvalue weighted by Gasteiger charge is 2.46. The van der Waals surface area contributed by atoms with Gasteiger partial charge in [0.25, 0.3) is 11.7 Å². The minimum atomic E-state index is -1.05.